The molecule has 0 unspecified atom stereocenters. The molecule has 4 heterocycles. The van der Waals surface area contributed by atoms with E-state index in [1.54, 1.807) is 0 Å². The Hall–Kier alpha value is -2.73. The molecule has 0 N–H and O–H groups in total. The maximum Gasteiger partial charge on any atom is 0.235 e. The number of hydrogen-bond acceptors (Lipinski definition) is 5. The highest BCUT2D eigenvalue weighted by Crippen LogP contribution is 2.50. The van der Waals surface area contributed by atoms with Crippen LogP contribution in [0, 0.1) is 11.8 Å². The van der Waals surface area contributed by atoms with Crippen LogP contribution >= 0.6 is 11.3 Å². The van der Waals surface area contributed by atoms with Gasteiger partial charge in [0.1, 0.15) is 6.04 Å². The third-order valence-electron chi connectivity index (χ3n) is 6.61. The molecule has 0 aliphatic carbocycles. The summed E-state index contributed by atoms with van der Waals surface area (Å²) >= 11 is 1.39. The molecule has 0 spiro atoms. The van der Waals surface area contributed by atoms with Gasteiger partial charge >= 0.3 is 0 Å². The van der Waals surface area contributed by atoms with Gasteiger partial charge in [-0.3, -0.25) is 19.3 Å². The van der Waals surface area contributed by atoms with Gasteiger partial charge < -0.3 is 4.90 Å². The van der Waals surface area contributed by atoms with Crippen LogP contribution in [0.2, 0.25) is 0 Å². The zero-order valence-electron chi connectivity index (χ0n) is 17.1. The summed E-state index contributed by atoms with van der Waals surface area (Å²) in [6, 6.07) is 10.7. The molecule has 1 aromatic carbocycles. The molecule has 3 aliphatic heterocycles. The number of amides is 2. The second-order valence-electron chi connectivity index (χ2n) is 8.28. The number of rotatable bonds is 5. The molecule has 3 aliphatic rings. The largest absolute Gasteiger partial charge is 0.352 e. The molecule has 154 valence electrons. The zero-order valence-corrected chi connectivity index (χ0v) is 17.9. The quantitative estimate of drug-likeness (QED) is 0.542. The maximum atomic E-state index is 13.6. The van der Waals surface area contributed by atoms with Crippen LogP contribution in [0.3, 0.4) is 0 Å². The summed E-state index contributed by atoms with van der Waals surface area (Å²) in [5.41, 5.74) is 3.08. The van der Waals surface area contributed by atoms with Gasteiger partial charge in [0.05, 0.1) is 22.8 Å². The van der Waals surface area contributed by atoms with Crippen LogP contribution in [-0.2, 0) is 9.59 Å². The smallest absolute Gasteiger partial charge is 0.235 e. The van der Waals surface area contributed by atoms with Gasteiger partial charge in [-0.1, -0.05) is 43.7 Å². The number of nitrogens with zero attached hydrogens (tertiary/aromatic N) is 2. The van der Waals surface area contributed by atoms with Gasteiger partial charge in [-0.05, 0) is 36.4 Å². The average Bonchev–Trinajstić information content (AvgIpc) is 3.44. The molecule has 2 aromatic rings. The Morgan fingerprint density at radius 1 is 1.07 bits per heavy atom. The predicted octanol–water partition coefficient (Wildman–Crippen LogP) is 4.01. The van der Waals surface area contributed by atoms with E-state index in [0.717, 1.165) is 29.7 Å². The van der Waals surface area contributed by atoms with Crippen LogP contribution in [0.1, 0.15) is 41.9 Å². The van der Waals surface area contributed by atoms with E-state index in [1.165, 1.54) is 16.2 Å². The number of fused-ring (bicyclic) bond motifs is 5. The van der Waals surface area contributed by atoms with Gasteiger partial charge in [-0.15, -0.1) is 11.3 Å². The lowest BCUT2D eigenvalue weighted by molar-refractivity contribution is -0.140. The molecule has 2 saturated heterocycles. The molecule has 30 heavy (non-hydrogen) atoms. The number of para-hydroxylation sites is 1. The highest BCUT2D eigenvalue weighted by molar-refractivity contribution is 7.12. The van der Waals surface area contributed by atoms with Crippen molar-refractivity contribution in [1.29, 1.82) is 0 Å². The number of carbonyl (C=O) groups is 3. The number of imide groups is 1. The average molecular weight is 421 g/mol. The van der Waals surface area contributed by atoms with Crippen molar-refractivity contribution in [3.63, 3.8) is 0 Å². The number of ketones is 1. The number of anilines is 1. The van der Waals surface area contributed by atoms with Gasteiger partial charge in [0.15, 0.2) is 5.78 Å². The first-order chi connectivity index (χ1) is 14.5. The number of benzene rings is 1. The summed E-state index contributed by atoms with van der Waals surface area (Å²) in [7, 11) is 0. The second-order valence-corrected chi connectivity index (χ2v) is 9.23. The van der Waals surface area contributed by atoms with E-state index in [-0.39, 0.29) is 23.6 Å². The Balaban J connectivity index is 1.65. The predicted molar refractivity (Wildman–Crippen MR) is 117 cm³/mol. The lowest BCUT2D eigenvalue weighted by Gasteiger charge is -2.37. The number of thiophene rings is 1. The van der Waals surface area contributed by atoms with E-state index in [0.29, 0.717) is 11.4 Å². The molecular weight excluding hydrogens is 396 g/mol. The zero-order chi connectivity index (χ0) is 21.0. The molecule has 6 heteroatoms. The maximum absolute atomic E-state index is 13.6. The summed E-state index contributed by atoms with van der Waals surface area (Å²) < 4.78 is 0. The summed E-state index contributed by atoms with van der Waals surface area (Å²) in [5.74, 6) is -1.52. The monoisotopic (exact) mass is 420 g/mol. The fraction of sp³-hybridized carbons (Fsp3) is 0.375. The third kappa shape index (κ3) is 2.63. The van der Waals surface area contributed by atoms with Gasteiger partial charge in [-0.2, -0.15) is 0 Å². The third-order valence-corrected chi connectivity index (χ3v) is 7.50. The van der Waals surface area contributed by atoms with Gasteiger partial charge in [0, 0.05) is 17.8 Å². The molecule has 0 radical (unpaired) electrons. The molecule has 4 atom stereocenters. The Morgan fingerprint density at radius 2 is 1.83 bits per heavy atom. The summed E-state index contributed by atoms with van der Waals surface area (Å²) in [6.45, 7) is 4.52. The van der Waals surface area contributed by atoms with Crippen molar-refractivity contribution in [2.75, 3.05) is 11.4 Å². The number of carbonyl (C=O) groups excluding carboxylic acids is 3. The molecular formula is C24H24N2O3S. The molecule has 5 rings (SSSR count). The lowest BCUT2D eigenvalue weighted by Crippen LogP contribution is -2.49. The topological polar surface area (TPSA) is 57.7 Å². The van der Waals surface area contributed by atoms with E-state index < -0.39 is 17.9 Å². The van der Waals surface area contributed by atoms with Crippen LogP contribution in [0.5, 0.6) is 0 Å². The number of Topliss-reactive ketones (excluding diaryl/α,β-unsaturated/α-hetero) is 1. The van der Waals surface area contributed by atoms with E-state index >= 15 is 0 Å². The minimum atomic E-state index is -0.660. The molecule has 5 nitrogen and oxygen atoms in total. The Kier molecular flexibility index (Phi) is 4.62. The first-order valence-electron chi connectivity index (χ1n) is 10.5. The first kappa shape index (κ1) is 19.2. The van der Waals surface area contributed by atoms with Crippen LogP contribution < -0.4 is 4.90 Å². The fourth-order valence-corrected chi connectivity index (χ4v) is 5.96. The Bertz CT molecular complexity index is 1060. The van der Waals surface area contributed by atoms with E-state index in [2.05, 4.69) is 6.08 Å². The number of likely N-dealkylation sites (tertiary alicyclic amines) is 1. The van der Waals surface area contributed by atoms with Crippen molar-refractivity contribution in [2.45, 2.75) is 38.8 Å². The molecule has 2 fully saturated rings. The van der Waals surface area contributed by atoms with E-state index in [1.807, 2.05) is 60.5 Å². The molecule has 0 saturated carbocycles. The minimum Gasteiger partial charge on any atom is -0.352 e. The van der Waals surface area contributed by atoms with E-state index in [4.69, 9.17) is 0 Å². The van der Waals surface area contributed by atoms with Crippen molar-refractivity contribution in [1.82, 2.24) is 4.90 Å². The molecule has 2 amide bonds. The summed E-state index contributed by atoms with van der Waals surface area (Å²) in [6.07, 6.45) is 3.77. The number of hydrogen-bond donors (Lipinski definition) is 0. The van der Waals surface area contributed by atoms with Crippen molar-refractivity contribution in [3.05, 3.63) is 58.3 Å². The van der Waals surface area contributed by atoms with Crippen LogP contribution in [0.4, 0.5) is 5.69 Å². The highest BCUT2D eigenvalue weighted by Gasteiger charge is 2.64. The molecule has 0 bridgehead atoms. The van der Waals surface area contributed by atoms with Crippen molar-refractivity contribution < 1.29 is 14.4 Å². The summed E-state index contributed by atoms with van der Waals surface area (Å²) in [5, 5.41) is 1.88. The van der Waals surface area contributed by atoms with Crippen molar-refractivity contribution >= 4 is 40.2 Å². The highest BCUT2D eigenvalue weighted by atomic mass is 32.1. The SMILES string of the molecule is CCCCN1C(=O)[C@H]2[C@H](C1=O)[C@H](C(=O)c1cccs1)N1c3ccccc3C(C)=C[C@H]21. The number of allylic oxidation sites excluding steroid dienone is 1. The fourth-order valence-electron chi connectivity index (χ4n) is 5.26. The van der Waals surface area contributed by atoms with Gasteiger partial charge in [0.2, 0.25) is 11.8 Å². The first-order valence-corrected chi connectivity index (χ1v) is 11.4. The number of unbranched alkanes of at least 4 members (excludes halogenated alkanes) is 1. The minimum absolute atomic E-state index is 0.0660. The van der Waals surface area contributed by atoms with Crippen molar-refractivity contribution in [3.8, 4) is 0 Å². The Labute approximate surface area is 180 Å². The lowest BCUT2D eigenvalue weighted by atomic mass is 9.86. The second kappa shape index (κ2) is 7.20. The van der Waals surface area contributed by atoms with Crippen LogP contribution in [-0.4, -0.2) is 41.1 Å². The van der Waals surface area contributed by atoms with Gasteiger partial charge in [-0.25, -0.2) is 0 Å². The normalized spacial score (nSPS) is 27.1. The Morgan fingerprint density at radius 3 is 2.57 bits per heavy atom. The van der Waals surface area contributed by atoms with Gasteiger partial charge in [0.25, 0.3) is 0 Å². The van der Waals surface area contributed by atoms with Crippen molar-refractivity contribution in [2.24, 2.45) is 11.8 Å². The van der Waals surface area contributed by atoms with Crippen LogP contribution in [0.25, 0.3) is 5.57 Å². The summed E-state index contributed by atoms with van der Waals surface area (Å²) in [4.78, 5) is 44.5. The molecule has 1 aromatic heterocycles. The van der Waals surface area contributed by atoms with Crippen LogP contribution in [0.15, 0.2) is 47.9 Å². The standard InChI is InChI=1S/C24H24N2O3S/c1-3-4-11-25-23(28)19-17-13-14(2)15-8-5-6-9-16(15)26(17)21(20(19)24(25)29)22(27)18-10-7-12-30-18/h5-10,12-13,17,19-21H,3-4,11H2,1-2H3/t17-,19-,20+,21-/m1/s1. The van der Waals surface area contributed by atoms with E-state index in [9.17, 15) is 14.4 Å².